The number of sulfonamides is 1. The van der Waals surface area contributed by atoms with Gasteiger partial charge in [-0.1, -0.05) is 61.7 Å². The molecule has 2 saturated heterocycles. The summed E-state index contributed by atoms with van der Waals surface area (Å²) in [6.45, 7) is 6.72. The van der Waals surface area contributed by atoms with E-state index in [1.165, 1.54) is 21.7 Å². The second-order valence-electron chi connectivity index (χ2n) is 11.3. The Hall–Kier alpha value is -3.07. The molecule has 3 fully saturated rings. The van der Waals surface area contributed by atoms with Crippen LogP contribution in [-0.2, 0) is 21.4 Å². The van der Waals surface area contributed by atoms with Crippen molar-refractivity contribution in [3.63, 3.8) is 0 Å². The zero-order chi connectivity index (χ0) is 27.6. The number of urea groups is 1. The lowest BCUT2D eigenvalue weighted by Crippen LogP contribution is -2.54. The lowest BCUT2D eigenvalue weighted by molar-refractivity contribution is -0.135. The summed E-state index contributed by atoms with van der Waals surface area (Å²) >= 11 is 0. The number of carbonyl (C=O) groups excluding carboxylic acids is 2. The van der Waals surface area contributed by atoms with Gasteiger partial charge < -0.3 is 14.7 Å². The highest BCUT2D eigenvalue weighted by Gasteiger charge is 2.48. The van der Waals surface area contributed by atoms with Crippen LogP contribution in [0, 0.1) is 19.8 Å². The second-order valence-corrected chi connectivity index (χ2v) is 13.3. The molecule has 0 aromatic heterocycles. The van der Waals surface area contributed by atoms with Gasteiger partial charge in [0, 0.05) is 38.4 Å². The van der Waals surface area contributed by atoms with E-state index in [1.807, 2.05) is 30.3 Å². The summed E-state index contributed by atoms with van der Waals surface area (Å²) in [4.78, 5) is 33.0. The maximum Gasteiger partial charge on any atom is 0.334 e. The van der Waals surface area contributed by atoms with Crippen LogP contribution in [0.5, 0.6) is 0 Å². The summed E-state index contributed by atoms with van der Waals surface area (Å²) in [5.41, 5.74) is 4.46. The first kappa shape index (κ1) is 27.5. The molecule has 2 aromatic rings. The van der Waals surface area contributed by atoms with Crippen LogP contribution in [0.1, 0.15) is 48.8 Å². The SMILES string of the molecule is Cc1ccc(C)c(N2CCN(C(=O)[C@@H]3CN(S(=O)(=O)CC4CCCCC4)C(=O)N3Cc3ccccc3)CC2)c1. The quantitative estimate of drug-likeness (QED) is 0.515. The largest absolute Gasteiger partial charge is 0.368 e. The molecule has 2 aromatic carbocycles. The number of benzene rings is 2. The smallest absolute Gasteiger partial charge is 0.334 e. The standard InChI is InChI=1S/C30H40N4O4S/c1-23-13-14-24(2)27(19-23)31-15-17-32(18-16-31)29(35)28-21-34(39(37,38)22-26-11-7-4-8-12-26)30(36)33(28)20-25-9-5-3-6-10-25/h3,5-6,9-10,13-14,19,26,28H,4,7-8,11-12,15-18,20-22H2,1-2H3/t28-/m0/s1. The fraction of sp³-hybridized carbons (Fsp3) is 0.533. The van der Waals surface area contributed by atoms with E-state index < -0.39 is 22.1 Å². The Kier molecular flexibility index (Phi) is 8.16. The van der Waals surface area contributed by atoms with Gasteiger partial charge in [0.25, 0.3) is 0 Å². The molecule has 0 bridgehead atoms. The average Bonchev–Trinajstić information content (AvgIpc) is 3.27. The molecule has 2 heterocycles. The fourth-order valence-corrected chi connectivity index (χ4v) is 8.01. The van der Waals surface area contributed by atoms with Crippen molar-refractivity contribution in [2.45, 2.75) is 58.5 Å². The molecular formula is C30H40N4O4S. The molecule has 3 amide bonds. The fourth-order valence-electron chi connectivity index (χ4n) is 6.19. The van der Waals surface area contributed by atoms with Crippen LogP contribution in [0.2, 0.25) is 0 Å². The highest BCUT2D eigenvalue weighted by atomic mass is 32.2. The van der Waals surface area contributed by atoms with Crippen molar-refractivity contribution in [3.8, 4) is 0 Å². The Bertz CT molecular complexity index is 1290. The Morgan fingerprint density at radius 2 is 1.62 bits per heavy atom. The summed E-state index contributed by atoms with van der Waals surface area (Å²) in [5, 5.41) is 0. The average molecular weight is 553 g/mol. The predicted octanol–water partition coefficient (Wildman–Crippen LogP) is 4.17. The van der Waals surface area contributed by atoms with E-state index in [0.29, 0.717) is 26.2 Å². The lowest BCUT2D eigenvalue weighted by atomic mass is 9.91. The van der Waals surface area contributed by atoms with Crippen LogP contribution in [0.15, 0.2) is 48.5 Å². The molecule has 1 aliphatic carbocycles. The highest BCUT2D eigenvalue weighted by Crippen LogP contribution is 2.30. The first-order chi connectivity index (χ1) is 18.7. The molecular weight excluding hydrogens is 512 g/mol. The van der Waals surface area contributed by atoms with E-state index in [-0.39, 0.29) is 30.7 Å². The second kappa shape index (κ2) is 11.6. The van der Waals surface area contributed by atoms with Crippen LogP contribution < -0.4 is 4.90 Å². The summed E-state index contributed by atoms with van der Waals surface area (Å²) < 4.78 is 27.9. The number of hydrogen-bond donors (Lipinski definition) is 0. The number of aryl methyl sites for hydroxylation is 2. The Morgan fingerprint density at radius 3 is 2.31 bits per heavy atom. The Balaban J connectivity index is 1.32. The number of carbonyl (C=O) groups is 2. The van der Waals surface area contributed by atoms with Gasteiger partial charge in [0.15, 0.2) is 0 Å². The number of hydrogen-bond acceptors (Lipinski definition) is 5. The topological polar surface area (TPSA) is 81.2 Å². The third-order valence-corrected chi connectivity index (χ3v) is 10.3. The van der Waals surface area contributed by atoms with Crippen LogP contribution in [0.4, 0.5) is 10.5 Å². The summed E-state index contributed by atoms with van der Waals surface area (Å²) in [5.74, 6) is -0.116. The minimum atomic E-state index is -3.82. The van der Waals surface area contributed by atoms with E-state index in [9.17, 15) is 18.0 Å². The van der Waals surface area contributed by atoms with Crippen molar-refractivity contribution in [1.82, 2.24) is 14.1 Å². The molecule has 3 aliphatic rings. The first-order valence-electron chi connectivity index (χ1n) is 14.2. The van der Waals surface area contributed by atoms with Gasteiger partial charge in [0.2, 0.25) is 15.9 Å². The summed E-state index contributed by atoms with van der Waals surface area (Å²) in [6.07, 6.45) is 4.95. The maximum atomic E-state index is 13.9. The monoisotopic (exact) mass is 552 g/mol. The van der Waals surface area contributed by atoms with Gasteiger partial charge in [-0.05, 0) is 55.4 Å². The van der Waals surface area contributed by atoms with Crippen molar-refractivity contribution in [2.75, 3.05) is 43.4 Å². The Labute approximate surface area is 232 Å². The summed E-state index contributed by atoms with van der Waals surface area (Å²) in [7, 11) is -3.82. The number of anilines is 1. The van der Waals surface area contributed by atoms with Crippen LogP contribution >= 0.6 is 0 Å². The first-order valence-corrected chi connectivity index (χ1v) is 15.8. The molecule has 9 heteroatoms. The van der Waals surface area contributed by atoms with E-state index in [0.717, 1.165) is 42.0 Å². The number of piperazine rings is 1. The van der Waals surface area contributed by atoms with Gasteiger partial charge in [-0.2, -0.15) is 0 Å². The van der Waals surface area contributed by atoms with Crippen LogP contribution in [0.3, 0.4) is 0 Å². The zero-order valence-electron chi connectivity index (χ0n) is 23.1. The van der Waals surface area contributed by atoms with E-state index in [4.69, 9.17) is 0 Å². The van der Waals surface area contributed by atoms with E-state index in [1.54, 1.807) is 4.90 Å². The predicted molar refractivity (Wildman–Crippen MR) is 153 cm³/mol. The molecule has 0 unspecified atom stereocenters. The number of amides is 3. The molecule has 8 nitrogen and oxygen atoms in total. The van der Waals surface area contributed by atoms with Gasteiger partial charge >= 0.3 is 6.03 Å². The third-order valence-electron chi connectivity index (χ3n) is 8.46. The lowest BCUT2D eigenvalue weighted by Gasteiger charge is -2.38. The van der Waals surface area contributed by atoms with Crippen molar-refractivity contribution in [1.29, 1.82) is 0 Å². The maximum absolute atomic E-state index is 13.9. The van der Waals surface area contributed by atoms with Crippen molar-refractivity contribution < 1.29 is 18.0 Å². The molecule has 0 radical (unpaired) electrons. The molecule has 2 aliphatic heterocycles. The normalized spacial score (nSPS) is 21.1. The van der Waals surface area contributed by atoms with Gasteiger partial charge in [0.05, 0.1) is 12.3 Å². The minimum Gasteiger partial charge on any atom is -0.368 e. The number of rotatable bonds is 7. The van der Waals surface area contributed by atoms with Gasteiger partial charge in [-0.3, -0.25) is 4.79 Å². The van der Waals surface area contributed by atoms with Crippen molar-refractivity contribution in [2.24, 2.45) is 5.92 Å². The Morgan fingerprint density at radius 1 is 0.923 bits per heavy atom. The highest BCUT2D eigenvalue weighted by molar-refractivity contribution is 7.89. The van der Waals surface area contributed by atoms with E-state index >= 15 is 0 Å². The molecule has 5 rings (SSSR count). The van der Waals surface area contributed by atoms with Crippen LogP contribution in [0.25, 0.3) is 0 Å². The molecule has 39 heavy (non-hydrogen) atoms. The molecule has 0 N–H and O–H groups in total. The van der Waals surface area contributed by atoms with E-state index in [2.05, 4.69) is 36.9 Å². The van der Waals surface area contributed by atoms with Crippen molar-refractivity contribution >= 4 is 27.6 Å². The molecule has 1 atom stereocenters. The minimum absolute atomic E-state index is 0.0205. The molecule has 0 spiro atoms. The van der Waals surface area contributed by atoms with Crippen LogP contribution in [-0.4, -0.2) is 79.0 Å². The van der Waals surface area contributed by atoms with Gasteiger partial charge in [0.1, 0.15) is 6.04 Å². The zero-order valence-corrected chi connectivity index (χ0v) is 23.9. The van der Waals surface area contributed by atoms with Gasteiger partial charge in [-0.15, -0.1) is 0 Å². The molecule has 1 saturated carbocycles. The third kappa shape index (κ3) is 6.08. The van der Waals surface area contributed by atoms with Crippen molar-refractivity contribution in [3.05, 3.63) is 65.2 Å². The molecule has 210 valence electrons. The van der Waals surface area contributed by atoms with Gasteiger partial charge in [-0.25, -0.2) is 17.5 Å². The number of nitrogens with zero attached hydrogens (tertiary/aromatic N) is 4. The summed E-state index contributed by atoms with van der Waals surface area (Å²) in [6, 6.07) is 14.5.